The molecule has 0 N–H and O–H groups in total. The van der Waals surface area contributed by atoms with Gasteiger partial charge >= 0.3 is 0 Å². The third kappa shape index (κ3) is 2.46. The van der Waals surface area contributed by atoms with E-state index in [1.165, 1.54) is 0 Å². The Kier molecular flexibility index (Phi) is 3.05. The monoisotopic (exact) mass is 208 g/mol. The van der Waals surface area contributed by atoms with Gasteiger partial charge in [-0.3, -0.25) is 4.79 Å². The molecule has 1 nitrogen and oxygen atoms in total. The summed E-state index contributed by atoms with van der Waals surface area (Å²) in [7, 11) is 0. The summed E-state index contributed by atoms with van der Waals surface area (Å²) in [6.45, 7) is 0. The Bertz CT molecular complexity index is 316. The molecule has 0 aliphatic rings. The van der Waals surface area contributed by atoms with Gasteiger partial charge in [-0.1, -0.05) is 0 Å². The first kappa shape index (κ1) is 9.48. The molecule has 1 aromatic carbocycles. The van der Waals surface area contributed by atoms with Gasteiger partial charge in [0, 0.05) is 6.07 Å². The van der Waals surface area contributed by atoms with E-state index >= 15 is 0 Å². The molecule has 1 rings (SSSR count). The second-order valence-corrected chi connectivity index (χ2v) is 3.50. The molecule has 5 heteroatoms. The first-order chi connectivity index (χ1) is 5.59. The first-order valence-corrected chi connectivity index (χ1v) is 4.11. The summed E-state index contributed by atoms with van der Waals surface area (Å²) in [5.74, 6) is -1.46. The number of thioether (sulfide) groups is 1. The fourth-order valence-corrected chi connectivity index (χ4v) is 1.36. The van der Waals surface area contributed by atoms with Crippen molar-refractivity contribution in [2.45, 2.75) is 4.90 Å². The Labute approximate surface area is 76.7 Å². The van der Waals surface area contributed by atoms with Crippen molar-refractivity contribution in [2.24, 2.45) is 0 Å². The zero-order valence-corrected chi connectivity index (χ0v) is 7.25. The van der Waals surface area contributed by atoms with Gasteiger partial charge in [0.2, 0.25) is 0 Å². The van der Waals surface area contributed by atoms with Crippen molar-refractivity contribution in [2.75, 3.05) is 0 Å². The van der Waals surface area contributed by atoms with Crippen molar-refractivity contribution >= 4 is 27.9 Å². The van der Waals surface area contributed by atoms with Gasteiger partial charge in [0.1, 0.15) is 11.6 Å². The number of benzene rings is 1. The predicted molar refractivity (Wildman–Crippen MR) is 43.5 cm³/mol. The normalized spacial score (nSPS) is 9.92. The minimum Gasteiger partial charge on any atom is -0.268 e. The highest BCUT2D eigenvalue weighted by molar-refractivity contribution is 8.16. The Morgan fingerprint density at radius 2 is 2.08 bits per heavy atom. The van der Waals surface area contributed by atoms with E-state index in [1.54, 1.807) is 0 Å². The van der Waals surface area contributed by atoms with Gasteiger partial charge in [-0.2, -0.15) is 0 Å². The van der Waals surface area contributed by atoms with Crippen LogP contribution in [0.5, 0.6) is 0 Å². The molecule has 0 saturated heterocycles. The summed E-state index contributed by atoms with van der Waals surface area (Å²) < 4.78 is 24.3. The van der Waals surface area contributed by atoms with Gasteiger partial charge < -0.3 is 0 Å². The van der Waals surface area contributed by atoms with Gasteiger partial charge in [0.05, 0.1) is 4.90 Å². The molecule has 0 atom stereocenters. The Hall–Kier alpha value is -0.610. The number of hydrogen-bond donors (Lipinski definition) is 0. The summed E-state index contributed by atoms with van der Waals surface area (Å²) >= 11 is 5.51. The molecular weight excluding hydrogens is 206 g/mol. The maximum absolute atomic E-state index is 12.7. The lowest BCUT2D eigenvalue weighted by molar-refractivity contribution is 0.276. The van der Waals surface area contributed by atoms with Crippen LogP contribution in [0.3, 0.4) is 0 Å². The number of hydrogen-bond acceptors (Lipinski definition) is 2. The summed E-state index contributed by atoms with van der Waals surface area (Å²) in [6.07, 6.45) is 0. The van der Waals surface area contributed by atoms with Crippen LogP contribution in [0.4, 0.5) is 13.6 Å². The van der Waals surface area contributed by atoms with Gasteiger partial charge in [-0.15, -0.1) is 0 Å². The number of carbonyl (C=O) groups is 1. The van der Waals surface area contributed by atoms with E-state index in [1.807, 2.05) is 0 Å². The fourth-order valence-electron chi connectivity index (χ4n) is 0.644. The molecule has 0 heterocycles. The van der Waals surface area contributed by atoms with Crippen LogP contribution in [0.15, 0.2) is 23.1 Å². The lowest BCUT2D eigenvalue weighted by atomic mass is 10.3. The lowest BCUT2D eigenvalue weighted by Gasteiger charge is -1.97. The molecule has 0 aromatic heterocycles. The van der Waals surface area contributed by atoms with Crippen molar-refractivity contribution in [3.8, 4) is 0 Å². The standard InChI is InChI=1S/C7H3ClF2OS/c8-7(11)12-6-2-1-4(9)3-5(6)10/h1-3H. The van der Waals surface area contributed by atoms with Crippen molar-refractivity contribution in [3.63, 3.8) is 0 Å². The van der Waals surface area contributed by atoms with Gasteiger partial charge in [-0.05, 0) is 35.5 Å². The van der Waals surface area contributed by atoms with Crippen LogP contribution in [-0.2, 0) is 0 Å². The highest BCUT2D eigenvalue weighted by Crippen LogP contribution is 2.24. The maximum Gasteiger partial charge on any atom is 0.284 e. The average molecular weight is 209 g/mol. The SMILES string of the molecule is O=C(Cl)Sc1ccc(F)cc1F. The zero-order valence-electron chi connectivity index (χ0n) is 5.68. The number of carbonyl (C=O) groups excluding carboxylic acids is 1. The average Bonchev–Trinajstić information content (AvgIpc) is 1.94. The molecule has 12 heavy (non-hydrogen) atoms. The predicted octanol–water partition coefficient (Wildman–Crippen LogP) is 3.42. The topological polar surface area (TPSA) is 17.1 Å². The van der Waals surface area contributed by atoms with Gasteiger partial charge in [0.15, 0.2) is 0 Å². The summed E-state index contributed by atoms with van der Waals surface area (Å²) in [5, 5.41) is 0. The molecule has 0 bridgehead atoms. The summed E-state index contributed by atoms with van der Waals surface area (Å²) in [5.41, 5.74) is 0. The highest BCUT2D eigenvalue weighted by atomic mass is 35.5. The van der Waals surface area contributed by atoms with Crippen LogP contribution in [-0.4, -0.2) is 4.57 Å². The molecule has 0 radical (unpaired) electrons. The van der Waals surface area contributed by atoms with E-state index in [0.717, 1.165) is 12.1 Å². The Morgan fingerprint density at radius 3 is 2.58 bits per heavy atom. The van der Waals surface area contributed by atoms with Crippen molar-refractivity contribution < 1.29 is 13.6 Å². The van der Waals surface area contributed by atoms with E-state index < -0.39 is 16.2 Å². The summed E-state index contributed by atoms with van der Waals surface area (Å²) in [6, 6.07) is 2.92. The maximum atomic E-state index is 12.7. The minimum atomic E-state index is -0.783. The van der Waals surface area contributed by atoms with Crippen LogP contribution in [0.25, 0.3) is 0 Å². The van der Waals surface area contributed by atoms with E-state index in [9.17, 15) is 13.6 Å². The van der Waals surface area contributed by atoms with Crippen LogP contribution >= 0.6 is 23.4 Å². The van der Waals surface area contributed by atoms with Crippen molar-refractivity contribution in [1.82, 2.24) is 0 Å². The van der Waals surface area contributed by atoms with Crippen molar-refractivity contribution in [1.29, 1.82) is 0 Å². The third-order valence-corrected chi connectivity index (χ3v) is 2.03. The Morgan fingerprint density at radius 1 is 1.42 bits per heavy atom. The smallest absolute Gasteiger partial charge is 0.268 e. The largest absolute Gasteiger partial charge is 0.284 e. The molecule has 1 aromatic rings. The highest BCUT2D eigenvalue weighted by Gasteiger charge is 2.07. The molecule has 0 aliphatic heterocycles. The molecule has 0 unspecified atom stereocenters. The van der Waals surface area contributed by atoms with Crippen LogP contribution < -0.4 is 0 Å². The first-order valence-electron chi connectivity index (χ1n) is 2.92. The number of rotatable bonds is 1. The van der Waals surface area contributed by atoms with Gasteiger partial charge in [0.25, 0.3) is 4.57 Å². The second kappa shape index (κ2) is 3.87. The van der Waals surface area contributed by atoms with E-state index in [0.29, 0.717) is 17.8 Å². The van der Waals surface area contributed by atoms with E-state index in [-0.39, 0.29) is 4.90 Å². The lowest BCUT2D eigenvalue weighted by Crippen LogP contribution is -1.84. The molecule has 0 aliphatic carbocycles. The van der Waals surface area contributed by atoms with Gasteiger partial charge in [-0.25, -0.2) is 8.78 Å². The van der Waals surface area contributed by atoms with Crippen molar-refractivity contribution in [3.05, 3.63) is 29.8 Å². The van der Waals surface area contributed by atoms with Crippen LogP contribution in [0.2, 0.25) is 0 Å². The number of halogens is 3. The molecular formula is C7H3ClF2OS. The van der Waals surface area contributed by atoms with E-state index in [2.05, 4.69) is 0 Å². The van der Waals surface area contributed by atoms with E-state index in [4.69, 9.17) is 11.6 Å². The molecule has 0 saturated carbocycles. The zero-order chi connectivity index (χ0) is 9.14. The molecule has 0 amide bonds. The fraction of sp³-hybridized carbons (Fsp3) is 0. The molecule has 64 valence electrons. The van der Waals surface area contributed by atoms with Crippen LogP contribution in [0, 0.1) is 11.6 Å². The second-order valence-electron chi connectivity index (χ2n) is 1.91. The molecule has 0 fully saturated rings. The van der Waals surface area contributed by atoms with Crippen LogP contribution in [0.1, 0.15) is 0 Å². The minimum absolute atomic E-state index is 0.0244. The quantitative estimate of drug-likeness (QED) is 0.520. The Balaban J connectivity index is 2.93. The molecule has 0 spiro atoms. The third-order valence-electron chi connectivity index (χ3n) is 1.08. The summed E-state index contributed by atoms with van der Waals surface area (Å²) in [4.78, 5) is 10.3.